The third kappa shape index (κ3) is 6.17. The number of hydrogen-bond acceptors (Lipinski definition) is 11. The molecule has 170 valence electrons. The van der Waals surface area contributed by atoms with E-state index < -0.39 is 17.8 Å². The van der Waals surface area contributed by atoms with E-state index >= 15 is 0 Å². The lowest BCUT2D eigenvalue weighted by Crippen LogP contribution is -2.19. The number of nitrogens with one attached hydrogen (secondary N) is 1. The molecule has 1 N–H and O–H groups in total. The lowest BCUT2D eigenvalue weighted by atomic mass is 10.2. The molecule has 2 heterocycles. The molecule has 11 nitrogen and oxygen atoms in total. The van der Waals surface area contributed by atoms with Crippen molar-refractivity contribution in [2.24, 2.45) is 10.2 Å². The molecule has 1 aliphatic heterocycles. The number of hydrogen-bond donors (Lipinski definition) is 1. The van der Waals surface area contributed by atoms with Gasteiger partial charge in [-0.15, -0.1) is 5.10 Å². The van der Waals surface area contributed by atoms with Gasteiger partial charge in [0, 0.05) is 18.3 Å². The molecule has 12 heteroatoms. The Morgan fingerprint density at radius 3 is 2.64 bits per heavy atom. The molecule has 1 amide bonds. The number of thioether (sulfide) groups is 1. The van der Waals surface area contributed by atoms with Crippen LogP contribution in [-0.4, -0.2) is 55.5 Å². The number of rotatable bonds is 7. The Bertz CT molecular complexity index is 1180. The van der Waals surface area contributed by atoms with E-state index in [1.54, 1.807) is 18.2 Å². The van der Waals surface area contributed by atoms with Gasteiger partial charge in [-0.3, -0.25) is 10.1 Å². The van der Waals surface area contributed by atoms with Crippen molar-refractivity contribution in [3.8, 4) is 17.4 Å². The zero-order valence-corrected chi connectivity index (χ0v) is 18.5. The summed E-state index contributed by atoms with van der Waals surface area (Å²) in [6.45, 7) is 0. The predicted molar refractivity (Wildman–Crippen MR) is 120 cm³/mol. The maximum Gasteiger partial charge on any atom is 0.338 e. The van der Waals surface area contributed by atoms with E-state index in [1.807, 2.05) is 0 Å². The van der Waals surface area contributed by atoms with Crippen molar-refractivity contribution in [2.45, 2.75) is 0 Å². The minimum Gasteiger partial charge on any atom is -0.493 e. The van der Waals surface area contributed by atoms with Gasteiger partial charge in [0.2, 0.25) is 5.88 Å². The van der Waals surface area contributed by atoms with Crippen LogP contribution in [0.4, 0.5) is 0 Å². The molecule has 2 aromatic rings. The van der Waals surface area contributed by atoms with Gasteiger partial charge in [0.25, 0.3) is 5.91 Å². The lowest BCUT2D eigenvalue weighted by molar-refractivity contribution is -0.135. The van der Waals surface area contributed by atoms with Gasteiger partial charge in [-0.25, -0.2) is 14.6 Å². The highest BCUT2D eigenvalue weighted by atomic mass is 32.2. The van der Waals surface area contributed by atoms with Gasteiger partial charge in [0.15, 0.2) is 16.7 Å². The number of pyridine rings is 1. The van der Waals surface area contributed by atoms with E-state index in [0.29, 0.717) is 22.6 Å². The number of aromatic nitrogens is 1. The number of ether oxygens (including phenoxy) is 4. The monoisotopic (exact) mass is 470 g/mol. The Morgan fingerprint density at radius 2 is 1.91 bits per heavy atom. The average Bonchev–Trinajstić information content (AvgIpc) is 3.17. The molecule has 1 fully saturated rings. The fraction of sp³-hybridized carbons (Fsp3) is 0.143. The average molecular weight is 470 g/mol. The summed E-state index contributed by atoms with van der Waals surface area (Å²) >= 11 is 0.965. The van der Waals surface area contributed by atoms with Crippen LogP contribution < -0.4 is 14.8 Å². The molecule has 1 aliphatic rings. The molecule has 0 bridgehead atoms. The number of benzene rings is 1. The molecule has 0 unspecified atom stereocenters. The van der Waals surface area contributed by atoms with Gasteiger partial charge >= 0.3 is 11.9 Å². The van der Waals surface area contributed by atoms with Gasteiger partial charge in [-0.05, 0) is 41.6 Å². The van der Waals surface area contributed by atoms with E-state index in [4.69, 9.17) is 9.47 Å². The minimum atomic E-state index is -0.640. The quantitative estimate of drug-likeness (QED) is 0.279. The van der Waals surface area contributed by atoms with E-state index in [9.17, 15) is 14.4 Å². The number of carbonyl (C=O) groups excluding carboxylic acids is 3. The summed E-state index contributed by atoms with van der Waals surface area (Å²) in [5.41, 5.74) is 0.935. The molecule has 1 aromatic heterocycles. The Labute approximate surface area is 192 Å². The van der Waals surface area contributed by atoms with Crippen molar-refractivity contribution in [2.75, 3.05) is 21.3 Å². The zero-order valence-electron chi connectivity index (χ0n) is 17.7. The SMILES string of the molecule is COC(=O)/C=C1/S/C(=N\N=Cc2ccc(Oc3cc(C(=O)OC)ccn3)c(OC)c2)NC1=O. The summed E-state index contributed by atoms with van der Waals surface area (Å²) < 4.78 is 20.3. The fourth-order valence-electron chi connectivity index (χ4n) is 2.46. The number of carbonyl (C=O) groups is 3. The molecule has 0 saturated carbocycles. The predicted octanol–water partition coefficient (Wildman–Crippen LogP) is 2.28. The molecule has 0 spiro atoms. The number of methoxy groups -OCH3 is 3. The first kappa shape index (κ1) is 23.5. The second-order valence-corrected chi connectivity index (χ2v) is 7.15. The van der Waals surface area contributed by atoms with Crippen LogP contribution in [0.15, 0.2) is 57.7 Å². The maximum atomic E-state index is 11.8. The van der Waals surface area contributed by atoms with E-state index in [1.165, 1.54) is 45.9 Å². The standard InChI is InChI=1S/C21H18N4O7S/c1-29-15-8-12(11-23-25-21-24-19(27)16(33-21)10-18(26)30-2)4-5-14(15)32-17-9-13(6-7-22-17)20(28)31-3/h4-11H,1-3H3,(H,24,25,27)/b16-10+,23-11?. The van der Waals surface area contributed by atoms with Crippen molar-refractivity contribution in [1.29, 1.82) is 0 Å². The van der Waals surface area contributed by atoms with Crippen molar-refractivity contribution in [3.05, 3.63) is 58.6 Å². The maximum absolute atomic E-state index is 11.8. The van der Waals surface area contributed by atoms with Crippen molar-refractivity contribution < 1.29 is 33.3 Å². The molecule has 3 rings (SSSR count). The van der Waals surface area contributed by atoms with Crippen molar-refractivity contribution >= 4 is 41.0 Å². The Hall–Kier alpha value is -4.19. The molecule has 0 atom stereocenters. The molecule has 1 aromatic carbocycles. The van der Waals surface area contributed by atoms with E-state index in [-0.39, 0.29) is 16.0 Å². The molecule has 1 saturated heterocycles. The van der Waals surface area contributed by atoms with Crippen LogP contribution in [0.3, 0.4) is 0 Å². The topological polar surface area (TPSA) is 138 Å². The van der Waals surface area contributed by atoms with Crippen LogP contribution in [0, 0.1) is 0 Å². The summed E-state index contributed by atoms with van der Waals surface area (Å²) in [5, 5.41) is 10.6. The van der Waals surface area contributed by atoms with Crippen LogP contribution in [0.25, 0.3) is 0 Å². The Balaban J connectivity index is 1.71. The number of amides is 1. The lowest BCUT2D eigenvalue weighted by Gasteiger charge is -2.10. The van der Waals surface area contributed by atoms with E-state index in [0.717, 1.165) is 17.8 Å². The fourth-order valence-corrected chi connectivity index (χ4v) is 3.20. The summed E-state index contributed by atoms with van der Waals surface area (Å²) in [6, 6.07) is 7.97. The summed E-state index contributed by atoms with van der Waals surface area (Å²) in [7, 11) is 3.98. The second-order valence-electron chi connectivity index (χ2n) is 6.12. The highest BCUT2D eigenvalue weighted by Gasteiger charge is 2.25. The first-order valence-electron chi connectivity index (χ1n) is 9.23. The Morgan fingerprint density at radius 1 is 1.09 bits per heavy atom. The minimum absolute atomic E-state index is 0.156. The normalized spacial score (nSPS) is 15.5. The van der Waals surface area contributed by atoms with Gasteiger partial charge in [-0.2, -0.15) is 5.10 Å². The van der Waals surface area contributed by atoms with Crippen molar-refractivity contribution in [3.63, 3.8) is 0 Å². The van der Waals surface area contributed by atoms with Crippen LogP contribution >= 0.6 is 11.8 Å². The summed E-state index contributed by atoms with van der Waals surface area (Å²) in [5.74, 6) is -0.664. The number of nitrogens with zero attached hydrogens (tertiary/aromatic N) is 3. The highest BCUT2D eigenvalue weighted by molar-refractivity contribution is 8.18. The highest BCUT2D eigenvalue weighted by Crippen LogP contribution is 2.31. The first-order chi connectivity index (χ1) is 15.9. The first-order valence-corrected chi connectivity index (χ1v) is 10.0. The van der Waals surface area contributed by atoms with Crippen LogP contribution in [-0.2, 0) is 19.1 Å². The molecule has 0 radical (unpaired) electrons. The third-order valence-electron chi connectivity index (χ3n) is 4.01. The van der Waals surface area contributed by atoms with Crippen molar-refractivity contribution in [1.82, 2.24) is 10.3 Å². The van der Waals surface area contributed by atoms with Gasteiger partial charge in [-0.1, -0.05) is 0 Å². The van der Waals surface area contributed by atoms with Gasteiger partial charge < -0.3 is 18.9 Å². The molecule has 33 heavy (non-hydrogen) atoms. The van der Waals surface area contributed by atoms with Gasteiger partial charge in [0.05, 0.1) is 38.0 Å². The number of amidine groups is 1. The summed E-state index contributed by atoms with van der Waals surface area (Å²) in [6.07, 6.45) is 3.95. The smallest absolute Gasteiger partial charge is 0.338 e. The third-order valence-corrected chi connectivity index (χ3v) is 4.91. The second kappa shape index (κ2) is 10.9. The van der Waals surface area contributed by atoms with Crippen LogP contribution in [0.5, 0.6) is 17.4 Å². The Kier molecular flexibility index (Phi) is 7.76. The van der Waals surface area contributed by atoms with E-state index in [2.05, 4.69) is 30.0 Å². The van der Waals surface area contributed by atoms with Crippen LogP contribution in [0.2, 0.25) is 0 Å². The molecular weight excluding hydrogens is 452 g/mol. The van der Waals surface area contributed by atoms with Gasteiger partial charge in [0.1, 0.15) is 0 Å². The largest absolute Gasteiger partial charge is 0.493 e. The number of esters is 2. The zero-order chi connectivity index (χ0) is 23.8. The molecular formula is C21H18N4O7S. The molecule has 0 aliphatic carbocycles. The van der Waals surface area contributed by atoms with Crippen LogP contribution in [0.1, 0.15) is 15.9 Å². The summed E-state index contributed by atoms with van der Waals surface area (Å²) in [4.78, 5) is 39.0.